The summed E-state index contributed by atoms with van der Waals surface area (Å²) in [6.45, 7) is 8.41. The average molecular weight is 287 g/mol. The van der Waals surface area contributed by atoms with E-state index in [1.165, 1.54) is 5.56 Å². The van der Waals surface area contributed by atoms with E-state index in [0.717, 1.165) is 31.8 Å². The van der Waals surface area contributed by atoms with Crippen molar-refractivity contribution >= 4 is 0 Å². The molecule has 0 saturated heterocycles. The minimum Gasteiger partial charge on any atom is -0.313 e. The highest BCUT2D eigenvalue weighted by molar-refractivity contribution is 5.12. The lowest BCUT2D eigenvalue weighted by Crippen LogP contribution is -2.34. The molecule has 1 atom stereocenters. The second-order valence-corrected chi connectivity index (χ2v) is 5.77. The van der Waals surface area contributed by atoms with Gasteiger partial charge in [-0.25, -0.2) is 9.67 Å². The third-order valence-corrected chi connectivity index (χ3v) is 3.39. The molecule has 21 heavy (non-hydrogen) atoms. The molecule has 0 radical (unpaired) electrons. The molecule has 2 aromatic rings. The van der Waals surface area contributed by atoms with Crippen molar-refractivity contribution in [1.82, 2.24) is 25.1 Å². The summed E-state index contributed by atoms with van der Waals surface area (Å²) in [6.07, 6.45) is 7.22. The predicted octanol–water partition coefficient (Wildman–Crippen LogP) is 2.09. The Morgan fingerprint density at radius 3 is 2.62 bits per heavy atom. The first kappa shape index (κ1) is 15.6. The Morgan fingerprint density at radius 1 is 1.19 bits per heavy atom. The predicted molar refractivity (Wildman–Crippen MR) is 84.0 cm³/mol. The fraction of sp³-hybridized carbons (Fsp3) is 0.562. The summed E-state index contributed by atoms with van der Waals surface area (Å²) in [7, 11) is 0. The summed E-state index contributed by atoms with van der Waals surface area (Å²) in [4.78, 5) is 8.51. The normalized spacial score (nSPS) is 12.8. The fourth-order valence-electron chi connectivity index (χ4n) is 2.47. The van der Waals surface area contributed by atoms with Crippen LogP contribution in [0.4, 0.5) is 0 Å². The zero-order valence-corrected chi connectivity index (χ0v) is 13.2. The molecule has 0 saturated carbocycles. The molecule has 0 aliphatic carbocycles. The highest BCUT2D eigenvalue weighted by Gasteiger charge is 2.14. The minimum absolute atomic E-state index is 0.368. The summed E-state index contributed by atoms with van der Waals surface area (Å²) in [6, 6.07) is 4.51. The average Bonchev–Trinajstić information content (AvgIpc) is 2.86. The summed E-state index contributed by atoms with van der Waals surface area (Å²) in [5, 5.41) is 7.89. The molecule has 0 aliphatic rings. The Hall–Kier alpha value is -1.75. The van der Waals surface area contributed by atoms with Crippen molar-refractivity contribution in [3.63, 3.8) is 0 Å². The van der Waals surface area contributed by atoms with E-state index in [4.69, 9.17) is 0 Å². The molecule has 0 amide bonds. The summed E-state index contributed by atoms with van der Waals surface area (Å²) in [5.74, 6) is 1.63. The van der Waals surface area contributed by atoms with Crippen LogP contribution in [0.15, 0.2) is 30.9 Å². The highest BCUT2D eigenvalue weighted by atomic mass is 15.3. The van der Waals surface area contributed by atoms with Gasteiger partial charge in [0.05, 0.1) is 0 Å². The molecule has 0 aromatic carbocycles. The van der Waals surface area contributed by atoms with E-state index in [1.807, 2.05) is 17.1 Å². The van der Waals surface area contributed by atoms with Gasteiger partial charge >= 0.3 is 0 Å². The van der Waals surface area contributed by atoms with Gasteiger partial charge in [0.25, 0.3) is 0 Å². The maximum atomic E-state index is 4.43. The Labute approximate surface area is 126 Å². The second-order valence-electron chi connectivity index (χ2n) is 5.77. The van der Waals surface area contributed by atoms with Crippen molar-refractivity contribution in [2.45, 2.75) is 46.2 Å². The molecule has 2 aromatic heterocycles. The first-order chi connectivity index (χ1) is 10.2. The van der Waals surface area contributed by atoms with Gasteiger partial charge in [0.2, 0.25) is 0 Å². The van der Waals surface area contributed by atoms with Gasteiger partial charge in [0, 0.05) is 31.4 Å². The molecule has 1 N–H and O–H groups in total. The van der Waals surface area contributed by atoms with Crippen molar-refractivity contribution in [1.29, 1.82) is 0 Å². The van der Waals surface area contributed by atoms with Crippen LogP contribution in [0.2, 0.25) is 0 Å². The molecule has 1 unspecified atom stereocenters. The third-order valence-electron chi connectivity index (χ3n) is 3.39. The topological polar surface area (TPSA) is 55.6 Å². The van der Waals surface area contributed by atoms with Gasteiger partial charge < -0.3 is 5.32 Å². The first-order valence-electron chi connectivity index (χ1n) is 7.68. The number of likely N-dealkylation sites (N-methyl/N-ethyl adjacent to an activating group) is 1. The highest BCUT2D eigenvalue weighted by Crippen LogP contribution is 2.08. The molecular formula is C16H25N5. The molecule has 0 fully saturated rings. The van der Waals surface area contributed by atoms with Crippen LogP contribution >= 0.6 is 0 Å². The molecule has 5 nitrogen and oxygen atoms in total. The summed E-state index contributed by atoms with van der Waals surface area (Å²) < 4.78 is 2.03. The van der Waals surface area contributed by atoms with Gasteiger partial charge in [-0.2, -0.15) is 5.10 Å². The minimum atomic E-state index is 0.368. The zero-order valence-electron chi connectivity index (χ0n) is 13.2. The Kier molecular flexibility index (Phi) is 5.87. The van der Waals surface area contributed by atoms with Gasteiger partial charge in [0.1, 0.15) is 12.2 Å². The van der Waals surface area contributed by atoms with E-state index in [-0.39, 0.29) is 0 Å². The number of rotatable bonds is 8. The van der Waals surface area contributed by atoms with Crippen molar-refractivity contribution in [2.24, 2.45) is 5.92 Å². The van der Waals surface area contributed by atoms with Crippen LogP contribution in [0.1, 0.15) is 32.2 Å². The van der Waals surface area contributed by atoms with Crippen molar-refractivity contribution < 1.29 is 0 Å². The maximum Gasteiger partial charge on any atom is 0.138 e. The fourth-order valence-corrected chi connectivity index (χ4v) is 2.47. The molecule has 0 spiro atoms. The summed E-state index contributed by atoms with van der Waals surface area (Å²) >= 11 is 0. The van der Waals surface area contributed by atoms with Crippen LogP contribution in [0.5, 0.6) is 0 Å². The Balaban J connectivity index is 2.04. The van der Waals surface area contributed by atoms with Crippen LogP contribution < -0.4 is 5.32 Å². The van der Waals surface area contributed by atoms with Gasteiger partial charge in [-0.15, -0.1) is 0 Å². The first-order valence-corrected chi connectivity index (χ1v) is 7.68. The Morgan fingerprint density at radius 2 is 1.95 bits per heavy atom. The molecule has 2 heterocycles. The molecule has 0 aliphatic heterocycles. The largest absolute Gasteiger partial charge is 0.313 e. The third kappa shape index (κ3) is 4.93. The summed E-state index contributed by atoms with van der Waals surface area (Å²) in [5.41, 5.74) is 1.30. The number of nitrogens with zero attached hydrogens (tertiary/aromatic N) is 4. The standard InChI is InChI=1S/C16H25N5/c1-4-18-15(9-14-5-7-17-8-6-14)10-16-19-12-20-21(16)11-13(2)3/h5-8,12-13,15,18H,4,9-11H2,1-3H3. The van der Waals surface area contributed by atoms with E-state index in [0.29, 0.717) is 12.0 Å². The van der Waals surface area contributed by atoms with Gasteiger partial charge in [0.15, 0.2) is 0 Å². The monoisotopic (exact) mass is 287 g/mol. The number of aromatic nitrogens is 4. The van der Waals surface area contributed by atoms with Crippen LogP contribution in [0.3, 0.4) is 0 Å². The zero-order chi connectivity index (χ0) is 15.1. The van der Waals surface area contributed by atoms with E-state index < -0.39 is 0 Å². The number of pyridine rings is 1. The van der Waals surface area contributed by atoms with Crippen molar-refractivity contribution in [2.75, 3.05) is 6.54 Å². The lowest BCUT2D eigenvalue weighted by Gasteiger charge is -2.18. The van der Waals surface area contributed by atoms with Crippen LogP contribution in [0, 0.1) is 5.92 Å². The quantitative estimate of drug-likeness (QED) is 0.808. The van der Waals surface area contributed by atoms with Crippen molar-refractivity contribution in [3.05, 3.63) is 42.2 Å². The number of hydrogen-bond acceptors (Lipinski definition) is 4. The second kappa shape index (κ2) is 7.88. The molecule has 0 bridgehead atoms. The van der Waals surface area contributed by atoms with Crippen LogP contribution in [-0.2, 0) is 19.4 Å². The smallest absolute Gasteiger partial charge is 0.138 e. The lowest BCUT2D eigenvalue weighted by molar-refractivity contribution is 0.441. The number of hydrogen-bond donors (Lipinski definition) is 1. The van der Waals surface area contributed by atoms with Gasteiger partial charge in [-0.1, -0.05) is 20.8 Å². The van der Waals surface area contributed by atoms with Crippen LogP contribution in [0.25, 0.3) is 0 Å². The molecule has 2 rings (SSSR count). The molecule has 5 heteroatoms. The van der Waals surface area contributed by atoms with E-state index >= 15 is 0 Å². The molecule has 114 valence electrons. The Bertz CT molecular complexity index is 520. The number of nitrogens with one attached hydrogen (secondary N) is 1. The van der Waals surface area contributed by atoms with E-state index in [1.54, 1.807) is 6.33 Å². The molecular weight excluding hydrogens is 262 g/mol. The SMILES string of the molecule is CCNC(Cc1ccncc1)Cc1ncnn1CC(C)C. The van der Waals surface area contributed by atoms with Crippen LogP contribution in [-0.4, -0.2) is 32.3 Å². The van der Waals surface area contributed by atoms with Crippen molar-refractivity contribution in [3.8, 4) is 0 Å². The van der Waals surface area contributed by atoms with E-state index in [9.17, 15) is 0 Å². The van der Waals surface area contributed by atoms with Gasteiger partial charge in [-0.3, -0.25) is 4.98 Å². The maximum absolute atomic E-state index is 4.43. The van der Waals surface area contributed by atoms with E-state index in [2.05, 4.69) is 53.3 Å². The van der Waals surface area contributed by atoms with Gasteiger partial charge in [-0.05, 0) is 36.6 Å². The lowest BCUT2D eigenvalue weighted by atomic mass is 10.0.